The van der Waals surface area contributed by atoms with Crippen molar-refractivity contribution in [3.05, 3.63) is 0 Å². The van der Waals surface area contributed by atoms with E-state index in [2.05, 4.69) is 13.8 Å². The van der Waals surface area contributed by atoms with Crippen LogP contribution < -0.4 is 5.73 Å². The van der Waals surface area contributed by atoms with Gasteiger partial charge >= 0.3 is 0 Å². The normalized spacial score (nSPS) is 41.4. The van der Waals surface area contributed by atoms with Gasteiger partial charge in [-0.3, -0.25) is 0 Å². The molecule has 15 heavy (non-hydrogen) atoms. The van der Waals surface area contributed by atoms with Crippen LogP contribution in [0.15, 0.2) is 0 Å². The lowest BCUT2D eigenvalue weighted by atomic mass is 9.67. The zero-order chi connectivity index (χ0) is 11.1. The zero-order valence-electron chi connectivity index (χ0n) is 10.1. The van der Waals surface area contributed by atoms with Crippen LogP contribution >= 0.6 is 0 Å². The third-order valence-electron chi connectivity index (χ3n) is 4.76. The molecule has 2 aliphatic rings. The Balaban J connectivity index is 2.08. The molecule has 0 aliphatic heterocycles. The summed E-state index contributed by atoms with van der Waals surface area (Å²) < 4.78 is 0. The molecule has 2 heteroatoms. The van der Waals surface area contributed by atoms with Gasteiger partial charge < -0.3 is 10.8 Å². The minimum Gasteiger partial charge on any atom is -0.392 e. The summed E-state index contributed by atoms with van der Waals surface area (Å²) >= 11 is 0. The Hall–Kier alpha value is -0.0800. The fourth-order valence-electron chi connectivity index (χ4n) is 3.96. The summed E-state index contributed by atoms with van der Waals surface area (Å²) in [6.45, 7) is 5.04. The van der Waals surface area contributed by atoms with Crippen LogP contribution in [-0.2, 0) is 0 Å². The largest absolute Gasteiger partial charge is 0.392 e. The van der Waals surface area contributed by atoms with Crippen molar-refractivity contribution in [2.24, 2.45) is 28.9 Å². The molecule has 0 heterocycles. The molecule has 2 aliphatic carbocycles. The molecule has 2 nitrogen and oxygen atoms in total. The SMILES string of the molecule is CC(C)CC(O)C1(CN)CC2CCC1C2. The van der Waals surface area contributed by atoms with Gasteiger partial charge in [-0.05, 0) is 43.4 Å². The van der Waals surface area contributed by atoms with Crippen LogP contribution in [-0.4, -0.2) is 17.8 Å². The number of fused-ring (bicyclic) bond motifs is 2. The number of nitrogens with two attached hydrogens (primary N) is 1. The molecule has 2 saturated carbocycles. The van der Waals surface area contributed by atoms with Gasteiger partial charge in [-0.1, -0.05) is 20.3 Å². The van der Waals surface area contributed by atoms with E-state index in [0.29, 0.717) is 18.4 Å². The lowest BCUT2D eigenvalue weighted by Gasteiger charge is -2.41. The molecule has 0 amide bonds. The molecular formula is C13H25NO. The molecule has 0 aromatic carbocycles. The highest BCUT2D eigenvalue weighted by molar-refractivity contribution is 5.04. The Labute approximate surface area is 93.2 Å². The first-order valence-electron chi connectivity index (χ1n) is 6.46. The van der Waals surface area contributed by atoms with Crippen LogP contribution in [0.2, 0.25) is 0 Å². The van der Waals surface area contributed by atoms with Gasteiger partial charge in [0.1, 0.15) is 0 Å². The average Bonchev–Trinajstić information content (AvgIpc) is 2.75. The molecule has 0 radical (unpaired) electrons. The van der Waals surface area contributed by atoms with Crippen LogP contribution in [0.3, 0.4) is 0 Å². The first kappa shape index (κ1) is 11.4. The molecule has 0 saturated heterocycles. The second kappa shape index (κ2) is 4.06. The van der Waals surface area contributed by atoms with E-state index >= 15 is 0 Å². The topological polar surface area (TPSA) is 46.2 Å². The Morgan fingerprint density at radius 3 is 2.53 bits per heavy atom. The van der Waals surface area contributed by atoms with E-state index in [-0.39, 0.29) is 11.5 Å². The number of hydrogen-bond acceptors (Lipinski definition) is 2. The third kappa shape index (κ3) is 1.83. The third-order valence-corrected chi connectivity index (χ3v) is 4.76. The molecule has 2 fully saturated rings. The first-order chi connectivity index (χ1) is 7.08. The minimum atomic E-state index is -0.169. The first-order valence-corrected chi connectivity index (χ1v) is 6.46. The monoisotopic (exact) mass is 211 g/mol. The highest BCUT2D eigenvalue weighted by atomic mass is 16.3. The fourth-order valence-corrected chi connectivity index (χ4v) is 3.96. The lowest BCUT2D eigenvalue weighted by Crippen LogP contribution is -2.46. The predicted molar refractivity (Wildman–Crippen MR) is 62.4 cm³/mol. The number of rotatable bonds is 4. The van der Waals surface area contributed by atoms with Gasteiger partial charge in [-0.2, -0.15) is 0 Å². The molecule has 0 aromatic heterocycles. The maximum atomic E-state index is 10.4. The molecule has 88 valence electrons. The summed E-state index contributed by atoms with van der Waals surface area (Å²) in [4.78, 5) is 0. The molecule has 2 rings (SSSR count). The van der Waals surface area contributed by atoms with Gasteiger partial charge in [0.05, 0.1) is 6.10 Å². The number of aliphatic hydroxyl groups is 1. The van der Waals surface area contributed by atoms with Crippen molar-refractivity contribution < 1.29 is 5.11 Å². The maximum absolute atomic E-state index is 10.4. The minimum absolute atomic E-state index is 0.0766. The Bertz CT molecular complexity index is 229. The highest BCUT2D eigenvalue weighted by Crippen LogP contribution is 2.57. The second-order valence-electron chi connectivity index (χ2n) is 6.16. The highest BCUT2D eigenvalue weighted by Gasteiger charge is 2.53. The van der Waals surface area contributed by atoms with E-state index in [0.717, 1.165) is 12.3 Å². The summed E-state index contributed by atoms with van der Waals surface area (Å²) in [5, 5.41) is 10.4. The van der Waals surface area contributed by atoms with Crippen LogP contribution in [0.4, 0.5) is 0 Å². The summed E-state index contributed by atoms with van der Waals surface area (Å²) in [5.74, 6) is 2.14. The zero-order valence-corrected chi connectivity index (χ0v) is 10.1. The number of aliphatic hydroxyl groups excluding tert-OH is 1. The van der Waals surface area contributed by atoms with Gasteiger partial charge in [-0.15, -0.1) is 0 Å². The summed E-state index contributed by atoms with van der Waals surface area (Å²) in [7, 11) is 0. The van der Waals surface area contributed by atoms with E-state index in [9.17, 15) is 5.11 Å². The predicted octanol–water partition coefficient (Wildman–Crippen LogP) is 2.16. The molecule has 4 atom stereocenters. The quantitative estimate of drug-likeness (QED) is 0.748. The Morgan fingerprint density at radius 2 is 2.13 bits per heavy atom. The van der Waals surface area contributed by atoms with Crippen molar-refractivity contribution in [2.75, 3.05) is 6.54 Å². The van der Waals surface area contributed by atoms with E-state index in [1.165, 1.54) is 25.7 Å². The maximum Gasteiger partial charge on any atom is 0.0613 e. The second-order valence-corrected chi connectivity index (χ2v) is 6.16. The van der Waals surface area contributed by atoms with Crippen LogP contribution in [0.5, 0.6) is 0 Å². The molecule has 4 unspecified atom stereocenters. The Kier molecular flexibility index (Phi) is 3.09. The molecule has 0 spiro atoms. The van der Waals surface area contributed by atoms with E-state index in [4.69, 9.17) is 5.73 Å². The van der Waals surface area contributed by atoms with Crippen LogP contribution in [0.25, 0.3) is 0 Å². The summed E-state index contributed by atoms with van der Waals surface area (Å²) in [6, 6.07) is 0. The van der Waals surface area contributed by atoms with Crippen LogP contribution in [0.1, 0.15) is 46.0 Å². The van der Waals surface area contributed by atoms with E-state index in [1.807, 2.05) is 0 Å². The van der Waals surface area contributed by atoms with Crippen molar-refractivity contribution in [3.8, 4) is 0 Å². The average molecular weight is 211 g/mol. The molecule has 2 bridgehead atoms. The van der Waals surface area contributed by atoms with Gasteiger partial charge in [-0.25, -0.2) is 0 Å². The summed E-state index contributed by atoms with van der Waals surface area (Å²) in [5.41, 5.74) is 6.05. The van der Waals surface area contributed by atoms with Crippen molar-refractivity contribution in [2.45, 2.75) is 52.1 Å². The van der Waals surface area contributed by atoms with Gasteiger partial charge in [0.2, 0.25) is 0 Å². The van der Waals surface area contributed by atoms with Gasteiger partial charge in [0, 0.05) is 12.0 Å². The smallest absolute Gasteiger partial charge is 0.0613 e. The van der Waals surface area contributed by atoms with Crippen molar-refractivity contribution >= 4 is 0 Å². The Morgan fingerprint density at radius 1 is 1.40 bits per heavy atom. The van der Waals surface area contributed by atoms with Crippen molar-refractivity contribution in [3.63, 3.8) is 0 Å². The molecule has 3 N–H and O–H groups in total. The van der Waals surface area contributed by atoms with E-state index < -0.39 is 0 Å². The van der Waals surface area contributed by atoms with Crippen LogP contribution in [0, 0.1) is 23.2 Å². The molecular weight excluding hydrogens is 186 g/mol. The lowest BCUT2D eigenvalue weighted by molar-refractivity contribution is -0.0229. The summed E-state index contributed by atoms with van der Waals surface area (Å²) in [6.07, 6.45) is 5.94. The van der Waals surface area contributed by atoms with Crippen molar-refractivity contribution in [1.29, 1.82) is 0 Å². The fraction of sp³-hybridized carbons (Fsp3) is 1.00. The standard InChI is InChI=1S/C13H25NO/c1-9(2)5-12(15)13(8-14)7-10-3-4-11(13)6-10/h9-12,15H,3-8,14H2,1-2H3. The van der Waals surface area contributed by atoms with E-state index in [1.54, 1.807) is 0 Å². The number of hydrogen-bond donors (Lipinski definition) is 2. The van der Waals surface area contributed by atoms with Gasteiger partial charge in [0.15, 0.2) is 0 Å². The van der Waals surface area contributed by atoms with Crippen molar-refractivity contribution in [1.82, 2.24) is 0 Å². The molecule has 0 aromatic rings. The van der Waals surface area contributed by atoms with Gasteiger partial charge in [0.25, 0.3) is 0 Å².